The summed E-state index contributed by atoms with van der Waals surface area (Å²) in [6, 6.07) is 4.21. The van der Waals surface area contributed by atoms with Gasteiger partial charge in [-0.15, -0.1) is 22.5 Å². The molecule has 1 aromatic carbocycles. The Balaban J connectivity index is 0.00000408. The molecule has 0 radical (unpaired) electrons. The molecule has 0 aliphatic carbocycles. The lowest BCUT2D eigenvalue weighted by molar-refractivity contribution is -0.760. The minimum absolute atomic E-state index is 0. The molecule has 0 unspecified atom stereocenters. The van der Waals surface area contributed by atoms with Crippen molar-refractivity contribution in [3.63, 3.8) is 0 Å². The van der Waals surface area contributed by atoms with E-state index in [-0.39, 0.29) is 35.3 Å². The van der Waals surface area contributed by atoms with Gasteiger partial charge in [-0.3, -0.25) is 14.2 Å². The maximum absolute atomic E-state index is 13.2. The topological polar surface area (TPSA) is 164 Å². The number of sulfonamides is 1. The van der Waals surface area contributed by atoms with Gasteiger partial charge in [0.05, 0.1) is 10.3 Å². The van der Waals surface area contributed by atoms with Crippen LogP contribution < -0.4 is 11.3 Å². The molecule has 12 nitrogen and oxygen atoms in total. The van der Waals surface area contributed by atoms with Crippen LogP contribution in [0, 0.1) is 22.5 Å². The molecule has 2 aromatic rings. The van der Waals surface area contributed by atoms with Crippen molar-refractivity contribution in [2.45, 2.75) is 44.9 Å². The van der Waals surface area contributed by atoms with Gasteiger partial charge in [0.2, 0.25) is 10.0 Å². The molecule has 0 amide bonds. The second-order valence-electron chi connectivity index (χ2n) is 8.62. The van der Waals surface area contributed by atoms with Gasteiger partial charge in [0.25, 0.3) is 10.6 Å². The maximum Gasteiger partial charge on any atom is 0.315 e. The number of rotatable bonds is 8. The van der Waals surface area contributed by atoms with Crippen molar-refractivity contribution in [1.29, 1.82) is 0 Å². The normalized spacial score (nSPS) is 16.8. The standard InChI is InChI=1S/C20H26N4O8S.ClH/c1-13-9-22(12-31-19(26)20(2,3)11-32-24(27)28)18(25)15-5-4-6-16(17(13)15)33(29,30)23-8-7-14(21)10-23;/h4-6,9,14H,7-8,10-12,21H2,1-3H3;1H/t14-;/m0./s1. The molecule has 3 rings (SSSR count). The summed E-state index contributed by atoms with van der Waals surface area (Å²) in [6.45, 7) is 4.04. The molecule has 188 valence electrons. The molecule has 14 heteroatoms. The highest BCUT2D eigenvalue weighted by molar-refractivity contribution is 7.89. The van der Waals surface area contributed by atoms with Crippen molar-refractivity contribution in [3.8, 4) is 0 Å². The van der Waals surface area contributed by atoms with Crippen molar-refractivity contribution < 1.29 is 27.9 Å². The fraction of sp³-hybridized carbons (Fsp3) is 0.500. The van der Waals surface area contributed by atoms with Crippen molar-refractivity contribution >= 4 is 39.2 Å². The summed E-state index contributed by atoms with van der Waals surface area (Å²) in [7, 11) is -3.86. The third-order valence-corrected chi connectivity index (χ3v) is 7.39. The van der Waals surface area contributed by atoms with Gasteiger partial charge in [-0.05, 0) is 44.9 Å². The lowest BCUT2D eigenvalue weighted by Gasteiger charge is -2.22. The Hall–Kier alpha value is -2.74. The number of pyridine rings is 1. The summed E-state index contributed by atoms with van der Waals surface area (Å²) in [6.07, 6.45) is 1.97. The zero-order chi connectivity index (χ0) is 24.6. The van der Waals surface area contributed by atoms with Crippen molar-refractivity contribution in [1.82, 2.24) is 8.87 Å². The summed E-state index contributed by atoms with van der Waals surface area (Å²) >= 11 is 0. The molecule has 1 saturated heterocycles. The molecular weight excluding hydrogens is 492 g/mol. The van der Waals surface area contributed by atoms with Gasteiger partial charge >= 0.3 is 5.97 Å². The van der Waals surface area contributed by atoms with E-state index in [0.29, 0.717) is 23.9 Å². The monoisotopic (exact) mass is 518 g/mol. The van der Waals surface area contributed by atoms with E-state index in [9.17, 15) is 28.1 Å². The van der Waals surface area contributed by atoms with E-state index < -0.39 is 45.4 Å². The Bertz CT molecular complexity index is 1260. The predicted octanol–water partition coefficient (Wildman–Crippen LogP) is 1.19. The lowest BCUT2D eigenvalue weighted by atomic mass is 9.95. The zero-order valence-corrected chi connectivity index (χ0v) is 20.6. The molecular formula is C20H27ClN4O8S. The quantitative estimate of drug-likeness (QED) is 0.307. The number of hydrogen-bond donors (Lipinski definition) is 1. The Morgan fingerprint density at radius 1 is 1.35 bits per heavy atom. The molecule has 1 aliphatic rings. The Kier molecular flexibility index (Phi) is 8.30. The number of aromatic nitrogens is 1. The number of carbonyl (C=O) groups is 1. The van der Waals surface area contributed by atoms with Gasteiger partial charge in [-0.1, -0.05) is 6.07 Å². The number of ether oxygens (including phenoxy) is 1. The highest BCUT2D eigenvalue weighted by atomic mass is 35.5. The summed E-state index contributed by atoms with van der Waals surface area (Å²) in [4.78, 5) is 40.0. The molecule has 1 aromatic heterocycles. The van der Waals surface area contributed by atoms with Crippen molar-refractivity contribution in [3.05, 3.63) is 50.4 Å². The average Bonchev–Trinajstić information content (AvgIpc) is 3.20. The summed E-state index contributed by atoms with van der Waals surface area (Å²) < 4.78 is 34.1. The Morgan fingerprint density at radius 2 is 2.03 bits per heavy atom. The smallest absolute Gasteiger partial charge is 0.315 e. The second-order valence-corrected chi connectivity index (χ2v) is 10.5. The number of aryl methyl sites for hydroxylation is 1. The lowest BCUT2D eigenvalue weighted by Crippen LogP contribution is -2.34. The highest BCUT2D eigenvalue weighted by Gasteiger charge is 2.33. The average molecular weight is 519 g/mol. The number of halogens is 1. The maximum atomic E-state index is 13.2. The second kappa shape index (κ2) is 10.3. The van der Waals surface area contributed by atoms with Crippen LogP contribution in [0.15, 0.2) is 34.1 Å². The van der Waals surface area contributed by atoms with E-state index in [2.05, 4.69) is 4.84 Å². The first kappa shape index (κ1) is 27.5. The molecule has 2 N–H and O–H groups in total. The first-order chi connectivity index (χ1) is 15.3. The van der Waals surface area contributed by atoms with Crippen LogP contribution in [0.5, 0.6) is 0 Å². The van der Waals surface area contributed by atoms with Crippen molar-refractivity contribution in [2.24, 2.45) is 11.1 Å². The van der Waals surface area contributed by atoms with Gasteiger partial charge in [0.1, 0.15) is 6.61 Å². The highest BCUT2D eigenvalue weighted by Crippen LogP contribution is 2.28. The van der Waals surface area contributed by atoms with Crippen LogP contribution in [0.3, 0.4) is 0 Å². The third-order valence-electron chi connectivity index (χ3n) is 5.48. The molecule has 1 fully saturated rings. The van der Waals surface area contributed by atoms with Gasteiger partial charge < -0.3 is 15.3 Å². The number of carbonyl (C=O) groups excluding carboxylic acids is 1. The summed E-state index contributed by atoms with van der Waals surface area (Å²) in [5.74, 6) is -0.796. The molecule has 0 bridgehead atoms. The summed E-state index contributed by atoms with van der Waals surface area (Å²) in [5, 5.41) is 9.84. The van der Waals surface area contributed by atoms with Crippen LogP contribution in [-0.2, 0) is 31.1 Å². The van der Waals surface area contributed by atoms with Crippen LogP contribution in [0.1, 0.15) is 25.8 Å². The van der Waals surface area contributed by atoms with E-state index in [0.717, 1.165) is 4.57 Å². The zero-order valence-electron chi connectivity index (χ0n) is 18.9. The number of esters is 1. The fourth-order valence-corrected chi connectivity index (χ4v) is 5.44. The van der Waals surface area contributed by atoms with Crippen LogP contribution in [0.2, 0.25) is 0 Å². The number of benzene rings is 1. The minimum atomic E-state index is -3.86. The minimum Gasteiger partial charge on any atom is -0.443 e. The predicted molar refractivity (Wildman–Crippen MR) is 124 cm³/mol. The first-order valence-corrected chi connectivity index (χ1v) is 11.6. The third kappa shape index (κ3) is 5.49. The van der Waals surface area contributed by atoms with E-state index in [1.807, 2.05) is 0 Å². The van der Waals surface area contributed by atoms with Gasteiger partial charge in [-0.25, -0.2) is 8.42 Å². The van der Waals surface area contributed by atoms with Gasteiger partial charge in [0, 0.05) is 36.1 Å². The van der Waals surface area contributed by atoms with Crippen LogP contribution in [0.25, 0.3) is 10.8 Å². The van der Waals surface area contributed by atoms with E-state index in [1.54, 1.807) is 6.92 Å². The van der Waals surface area contributed by atoms with Crippen LogP contribution >= 0.6 is 12.4 Å². The number of fused-ring (bicyclic) bond motifs is 1. The SMILES string of the molecule is Cc1cn(COC(=O)C(C)(C)CO[N+](=O)[O-])c(=O)c2cccc(S(=O)(=O)N3CC[C@H](N)C3)c12.Cl. The molecule has 34 heavy (non-hydrogen) atoms. The number of nitrogens with zero attached hydrogens (tertiary/aromatic N) is 3. The van der Waals surface area contributed by atoms with E-state index in [1.165, 1.54) is 42.5 Å². The van der Waals surface area contributed by atoms with E-state index >= 15 is 0 Å². The van der Waals surface area contributed by atoms with Crippen molar-refractivity contribution in [2.75, 3.05) is 19.7 Å². The Morgan fingerprint density at radius 3 is 2.62 bits per heavy atom. The van der Waals surface area contributed by atoms with Crippen LogP contribution in [0.4, 0.5) is 0 Å². The number of hydrogen-bond acceptors (Lipinski definition) is 9. The molecule has 0 saturated carbocycles. The van der Waals surface area contributed by atoms with Gasteiger partial charge in [-0.2, -0.15) is 4.31 Å². The summed E-state index contributed by atoms with van der Waals surface area (Å²) in [5.41, 5.74) is 4.50. The molecule has 1 atom stereocenters. The van der Waals surface area contributed by atoms with Gasteiger partial charge in [0.15, 0.2) is 6.73 Å². The van der Waals surface area contributed by atoms with E-state index in [4.69, 9.17) is 10.5 Å². The molecule has 1 aliphatic heterocycles. The molecule has 2 heterocycles. The number of nitrogens with two attached hydrogens (primary N) is 1. The van der Waals surface area contributed by atoms with Crippen LogP contribution in [-0.4, -0.2) is 54.1 Å². The molecule has 0 spiro atoms. The first-order valence-electron chi connectivity index (χ1n) is 10.2. The Labute approximate surface area is 202 Å². The fourth-order valence-electron chi connectivity index (χ4n) is 3.65. The largest absolute Gasteiger partial charge is 0.443 e.